The van der Waals surface area contributed by atoms with Gasteiger partial charge in [-0.1, -0.05) is 13.8 Å². The van der Waals surface area contributed by atoms with E-state index in [2.05, 4.69) is 4.98 Å². The van der Waals surface area contributed by atoms with Gasteiger partial charge in [0.15, 0.2) is 0 Å². The van der Waals surface area contributed by atoms with Crippen molar-refractivity contribution >= 4 is 11.4 Å². The summed E-state index contributed by atoms with van der Waals surface area (Å²) in [6, 6.07) is 5.04. The van der Waals surface area contributed by atoms with Crippen LogP contribution < -0.4 is 4.90 Å². The van der Waals surface area contributed by atoms with Crippen LogP contribution in [0.1, 0.15) is 31.4 Å². The third-order valence-corrected chi connectivity index (χ3v) is 5.25. The number of benzene rings is 1. The van der Waals surface area contributed by atoms with Gasteiger partial charge in [0, 0.05) is 25.1 Å². The Morgan fingerprint density at radius 3 is 2.64 bits per heavy atom. The normalized spacial score (nSPS) is 21.7. The Morgan fingerprint density at radius 2 is 2.07 bits per heavy atom. The summed E-state index contributed by atoms with van der Waals surface area (Å²) in [6.07, 6.45) is 1.87. The van der Waals surface area contributed by atoms with Gasteiger partial charge in [-0.25, -0.2) is 4.98 Å². The maximum absolute atomic E-state index is 13.3. The molecule has 28 heavy (non-hydrogen) atoms. The van der Waals surface area contributed by atoms with E-state index >= 15 is 0 Å². The number of nitriles is 1. The monoisotopic (exact) mass is 390 g/mol. The first kappa shape index (κ1) is 20.0. The van der Waals surface area contributed by atoms with Crippen LogP contribution in [0.5, 0.6) is 0 Å². The highest BCUT2D eigenvalue weighted by molar-refractivity contribution is 5.60. The standard InChI is InChI=1S/C20H21F3N4O/c1-19(2)10-17(28)16(27-7-6-25-12-27)9-18(19)26(3)14-5-4-13(11-24)15(8-14)20(21,22)23/h4-9,12,17-18,28H,10H2,1-3H3/t17-,18-/m0/s1. The molecule has 0 unspecified atom stereocenters. The lowest BCUT2D eigenvalue weighted by molar-refractivity contribution is -0.137. The van der Waals surface area contributed by atoms with Crippen LogP contribution in [0.4, 0.5) is 18.9 Å². The average Bonchev–Trinajstić information content (AvgIpc) is 3.13. The molecule has 0 saturated heterocycles. The number of nitrogens with zero attached hydrogens (tertiary/aromatic N) is 4. The fourth-order valence-corrected chi connectivity index (χ4v) is 3.77. The van der Waals surface area contributed by atoms with Crippen LogP contribution in [-0.2, 0) is 6.18 Å². The zero-order valence-electron chi connectivity index (χ0n) is 15.8. The van der Waals surface area contributed by atoms with Gasteiger partial charge in [0.05, 0.1) is 41.4 Å². The Kier molecular flexibility index (Phi) is 4.98. The summed E-state index contributed by atoms with van der Waals surface area (Å²) in [4.78, 5) is 5.74. The second-order valence-electron chi connectivity index (χ2n) is 7.67. The topological polar surface area (TPSA) is 65.1 Å². The van der Waals surface area contributed by atoms with Crippen molar-refractivity contribution in [3.05, 3.63) is 54.1 Å². The van der Waals surface area contributed by atoms with Crippen molar-refractivity contribution in [1.29, 1.82) is 5.26 Å². The minimum Gasteiger partial charge on any atom is -0.387 e. The quantitative estimate of drug-likeness (QED) is 0.863. The van der Waals surface area contributed by atoms with E-state index in [1.807, 2.05) is 19.9 Å². The van der Waals surface area contributed by atoms with Gasteiger partial charge in [-0.2, -0.15) is 18.4 Å². The molecule has 3 rings (SSSR count). The number of anilines is 1. The summed E-state index contributed by atoms with van der Waals surface area (Å²) in [6.45, 7) is 3.93. The van der Waals surface area contributed by atoms with Gasteiger partial charge in [-0.05, 0) is 36.1 Å². The summed E-state index contributed by atoms with van der Waals surface area (Å²) in [7, 11) is 1.72. The van der Waals surface area contributed by atoms with Crippen molar-refractivity contribution in [2.24, 2.45) is 5.41 Å². The highest BCUT2D eigenvalue weighted by Crippen LogP contribution is 2.41. The molecule has 0 radical (unpaired) electrons. The SMILES string of the molecule is CN(c1ccc(C#N)c(C(F)(F)F)c1)[C@H]1C=C(n2ccnc2)[C@@H](O)CC1(C)C. The summed E-state index contributed by atoms with van der Waals surface area (Å²) in [5.74, 6) is 0. The molecule has 0 spiro atoms. The van der Waals surface area contributed by atoms with Gasteiger partial charge in [-0.3, -0.25) is 0 Å². The number of rotatable bonds is 3. The van der Waals surface area contributed by atoms with Crippen LogP contribution in [0.2, 0.25) is 0 Å². The van der Waals surface area contributed by atoms with Gasteiger partial charge < -0.3 is 14.6 Å². The first-order valence-electron chi connectivity index (χ1n) is 8.77. The number of aromatic nitrogens is 2. The maximum Gasteiger partial charge on any atom is 0.417 e. The van der Waals surface area contributed by atoms with E-state index in [1.165, 1.54) is 12.1 Å². The predicted molar refractivity (Wildman–Crippen MR) is 99.3 cm³/mol. The molecule has 1 N–H and O–H groups in total. The molecule has 0 bridgehead atoms. The third kappa shape index (κ3) is 3.62. The van der Waals surface area contributed by atoms with E-state index < -0.39 is 28.8 Å². The molecule has 0 amide bonds. The van der Waals surface area contributed by atoms with Gasteiger partial charge in [0.2, 0.25) is 0 Å². The number of halogens is 3. The minimum absolute atomic E-state index is 0.276. The Morgan fingerprint density at radius 1 is 1.36 bits per heavy atom. The Balaban J connectivity index is 2.05. The smallest absolute Gasteiger partial charge is 0.387 e. The molecule has 148 valence electrons. The fraction of sp³-hybridized carbons (Fsp3) is 0.400. The number of hydrogen-bond donors (Lipinski definition) is 1. The molecule has 0 fully saturated rings. The summed E-state index contributed by atoms with van der Waals surface area (Å²) < 4.78 is 41.8. The maximum atomic E-state index is 13.3. The molecule has 0 aliphatic heterocycles. The second kappa shape index (κ2) is 6.99. The van der Waals surface area contributed by atoms with Gasteiger partial charge in [-0.15, -0.1) is 0 Å². The van der Waals surface area contributed by atoms with Crippen molar-refractivity contribution < 1.29 is 18.3 Å². The molecule has 8 heteroatoms. The summed E-state index contributed by atoms with van der Waals surface area (Å²) >= 11 is 0. The van der Waals surface area contributed by atoms with E-state index in [4.69, 9.17) is 5.26 Å². The van der Waals surface area contributed by atoms with Gasteiger partial charge in [0.25, 0.3) is 0 Å². The van der Waals surface area contributed by atoms with E-state index in [0.29, 0.717) is 17.8 Å². The number of imidazole rings is 1. The molecule has 1 aliphatic rings. The fourth-order valence-electron chi connectivity index (χ4n) is 3.77. The molecule has 2 aromatic rings. The average molecular weight is 390 g/mol. The van der Waals surface area contributed by atoms with Crippen LogP contribution >= 0.6 is 0 Å². The molecule has 0 saturated carbocycles. The first-order chi connectivity index (χ1) is 13.0. The third-order valence-electron chi connectivity index (χ3n) is 5.25. The number of aliphatic hydroxyl groups is 1. The lowest BCUT2D eigenvalue weighted by Gasteiger charge is -2.45. The molecular formula is C20H21F3N4O. The van der Waals surface area contributed by atoms with Crippen LogP contribution in [0.25, 0.3) is 5.70 Å². The number of likely N-dealkylation sites (N-methyl/N-ethyl adjacent to an activating group) is 1. The molecule has 1 aromatic carbocycles. The lowest BCUT2D eigenvalue weighted by atomic mass is 9.73. The second-order valence-corrected chi connectivity index (χ2v) is 7.67. The first-order valence-corrected chi connectivity index (χ1v) is 8.77. The summed E-state index contributed by atoms with van der Waals surface area (Å²) in [5.41, 5.74) is -0.769. The largest absolute Gasteiger partial charge is 0.417 e. The van der Waals surface area contributed by atoms with Crippen molar-refractivity contribution in [2.75, 3.05) is 11.9 Å². The molecule has 1 aliphatic carbocycles. The minimum atomic E-state index is -4.61. The van der Waals surface area contributed by atoms with Gasteiger partial charge >= 0.3 is 6.18 Å². The molecular weight excluding hydrogens is 369 g/mol. The van der Waals surface area contributed by atoms with E-state index in [9.17, 15) is 18.3 Å². The summed E-state index contributed by atoms with van der Waals surface area (Å²) in [5, 5.41) is 19.5. The molecule has 5 nitrogen and oxygen atoms in total. The predicted octanol–water partition coefficient (Wildman–Crippen LogP) is 3.91. The number of aliphatic hydroxyl groups excluding tert-OH is 1. The Labute approximate surface area is 161 Å². The molecule has 1 aromatic heterocycles. The van der Waals surface area contributed by atoms with Crippen LogP contribution in [0.3, 0.4) is 0 Å². The van der Waals surface area contributed by atoms with E-state index in [0.717, 1.165) is 6.07 Å². The van der Waals surface area contributed by atoms with Crippen molar-refractivity contribution in [1.82, 2.24) is 9.55 Å². The molecule has 1 heterocycles. The molecule has 2 atom stereocenters. The van der Waals surface area contributed by atoms with Crippen LogP contribution in [-0.4, -0.2) is 33.9 Å². The Bertz CT molecular complexity index is 926. The number of alkyl halides is 3. The van der Waals surface area contributed by atoms with Gasteiger partial charge in [0.1, 0.15) is 0 Å². The highest BCUT2D eigenvalue weighted by atomic mass is 19.4. The zero-order chi connectivity index (χ0) is 20.7. The highest BCUT2D eigenvalue weighted by Gasteiger charge is 2.40. The Hall–Kier alpha value is -2.79. The van der Waals surface area contributed by atoms with Crippen LogP contribution in [0.15, 0.2) is 43.0 Å². The number of hydrogen-bond acceptors (Lipinski definition) is 4. The van der Waals surface area contributed by atoms with Crippen molar-refractivity contribution in [3.8, 4) is 6.07 Å². The zero-order valence-corrected chi connectivity index (χ0v) is 15.8. The van der Waals surface area contributed by atoms with E-state index in [1.54, 1.807) is 41.3 Å². The van der Waals surface area contributed by atoms with Crippen molar-refractivity contribution in [2.45, 2.75) is 38.6 Å². The van der Waals surface area contributed by atoms with Crippen molar-refractivity contribution in [3.63, 3.8) is 0 Å². The van der Waals surface area contributed by atoms with Crippen LogP contribution in [0, 0.1) is 16.7 Å². The van der Waals surface area contributed by atoms with E-state index in [-0.39, 0.29) is 6.04 Å². The lowest BCUT2D eigenvalue weighted by Crippen LogP contribution is -2.47.